The van der Waals surface area contributed by atoms with Gasteiger partial charge in [-0.25, -0.2) is 8.42 Å². The van der Waals surface area contributed by atoms with Crippen LogP contribution in [-0.4, -0.2) is 39.0 Å². The van der Waals surface area contributed by atoms with Crippen LogP contribution in [0.5, 0.6) is 11.5 Å². The van der Waals surface area contributed by atoms with Gasteiger partial charge in [0.2, 0.25) is 0 Å². The molecule has 7 nitrogen and oxygen atoms in total. The number of carboxylic acids is 1. The van der Waals surface area contributed by atoms with E-state index in [0.717, 1.165) is 6.26 Å². The lowest BCUT2D eigenvalue weighted by Crippen LogP contribution is -2.22. The first-order valence-corrected chi connectivity index (χ1v) is 7.79. The third-order valence-corrected chi connectivity index (χ3v) is 4.02. The zero-order valence-corrected chi connectivity index (χ0v) is 11.6. The van der Waals surface area contributed by atoms with E-state index < -0.39 is 21.8 Å². The minimum atomic E-state index is -3.63. The van der Waals surface area contributed by atoms with Gasteiger partial charge in [0.1, 0.15) is 18.1 Å². The summed E-state index contributed by atoms with van der Waals surface area (Å²) in [4.78, 5) is 10.7. The topological polar surface area (TPSA) is 116 Å². The molecule has 3 N–H and O–H groups in total. The van der Waals surface area contributed by atoms with Crippen molar-refractivity contribution < 1.29 is 27.8 Å². The van der Waals surface area contributed by atoms with Crippen molar-refractivity contribution in [3.63, 3.8) is 0 Å². The highest BCUT2D eigenvalue weighted by atomic mass is 32.2. The van der Waals surface area contributed by atoms with Crippen LogP contribution in [0, 0.1) is 0 Å². The monoisotopic (exact) mass is 301 g/mol. The first kappa shape index (κ1) is 14.6. The highest BCUT2D eigenvalue weighted by Crippen LogP contribution is 2.40. The van der Waals surface area contributed by atoms with E-state index in [4.69, 9.17) is 20.3 Å². The summed E-state index contributed by atoms with van der Waals surface area (Å²) in [6, 6.07) is 2.07. The lowest BCUT2D eigenvalue weighted by Gasteiger charge is -2.23. The van der Waals surface area contributed by atoms with Gasteiger partial charge in [-0.2, -0.15) is 0 Å². The van der Waals surface area contributed by atoms with Crippen molar-refractivity contribution in [2.45, 2.75) is 17.4 Å². The van der Waals surface area contributed by atoms with Crippen LogP contribution in [0.15, 0.2) is 17.0 Å². The number of hydrogen-bond acceptors (Lipinski definition) is 6. The maximum absolute atomic E-state index is 12.0. The molecular weight excluding hydrogens is 286 g/mol. The van der Waals surface area contributed by atoms with Crippen LogP contribution in [0.3, 0.4) is 0 Å². The van der Waals surface area contributed by atoms with Gasteiger partial charge in [-0.05, 0) is 11.6 Å². The van der Waals surface area contributed by atoms with E-state index >= 15 is 0 Å². The summed E-state index contributed by atoms with van der Waals surface area (Å²) in [6.45, 7) is 0.559. The summed E-state index contributed by atoms with van der Waals surface area (Å²) in [7, 11) is -3.63. The predicted molar refractivity (Wildman–Crippen MR) is 69.7 cm³/mol. The highest BCUT2D eigenvalue weighted by Gasteiger charge is 2.28. The van der Waals surface area contributed by atoms with Gasteiger partial charge in [0.15, 0.2) is 21.3 Å². The van der Waals surface area contributed by atoms with Gasteiger partial charge in [-0.3, -0.25) is 4.79 Å². The van der Waals surface area contributed by atoms with Gasteiger partial charge in [-0.1, -0.05) is 6.07 Å². The number of benzene rings is 1. The van der Waals surface area contributed by atoms with Crippen LogP contribution in [0.2, 0.25) is 0 Å². The molecule has 0 aromatic heterocycles. The first-order chi connectivity index (χ1) is 9.30. The van der Waals surface area contributed by atoms with E-state index in [1.54, 1.807) is 6.07 Å². The minimum absolute atomic E-state index is 0.0940. The normalized spacial score (nSPS) is 15.7. The Labute approximate surface area is 116 Å². The van der Waals surface area contributed by atoms with Crippen molar-refractivity contribution in [3.05, 3.63) is 17.7 Å². The van der Waals surface area contributed by atoms with E-state index in [0.29, 0.717) is 12.4 Å². The molecule has 0 fully saturated rings. The Morgan fingerprint density at radius 3 is 2.65 bits per heavy atom. The second kappa shape index (κ2) is 5.29. The molecule has 0 saturated heterocycles. The van der Waals surface area contributed by atoms with E-state index in [1.165, 1.54) is 6.07 Å². The van der Waals surface area contributed by atoms with Crippen LogP contribution in [0.25, 0.3) is 0 Å². The molecule has 1 aliphatic heterocycles. The van der Waals surface area contributed by atoms with E-state index in [9.17, 15) is 13.2 Å². The molecular formula is C12H15NO6S. The summed E-state index contributed by atoms with van der Waals surface area (Å²) in [5.41, 5.74) is 6.01. The average Bonchev–Trinajstić information content (AvgIpc) is 2.35. The summed E-state index contributed by atoms with van der Waals surface area (Å²) < 4.78 is 34.7. The molecule has 20 heavy (non-hydrogen) atoms. The Balaban J connectivity index is 2.60. The number of hydrogen-bond donors (Lipinski definition) is 2. The van der Waals surface area contributed by atoms with Crippen molar-refractivity contribution in [1.82, 2.24) is 0 Å². The Bertz CT molecular complexity index is 640. The second-order valence-corrected chi connectivity index (χ2v) is 6.44. The smallest absolute Gasteiger partial charge is 0.305 e. The molecule has 1 aromatic rings. The summed E-state index contributed by atoms with van der Waals surface area (Å²) in [5, 5.41) is 8.79. The van der Waals surface area contributed by atoms with Crippen molar-refractivity contribution in [3.8, 4) is 11.5 Å². The Morgan fingerprint density at radius 1 is 1.40 bits per heavy atom. The second-order valence-electron chi connectivity index (χ2n) is 4.48. The highest BCUT2D eigenvalue weighted by molar-refractivity contribution is 7.90. The average molecular weight is 301 g/mol. The van der Waals surface area contributed by atoms with Gasteiger partial charge in [0.05, 0.1) is 6.42 Å². The molecule has 1 heterocycles. The molecule has 8 heteroatoms. The number of aliphatic carboxylic acids is 1. The number of sulfone groups is 1. The Hall–Kier alpha value is -1.80. The van der Waals surface area contributed by atoms with Gasteiger partial charge < -0.3 is 20.3 Å². The molecule has 0 radical (unpaired) electrons. The van der Waals surface area contributed by atoms with Crippen molar-refractivity contribution in [2.24, 2.45) is 5.73 Å². The van der Waals surface area contributed by atoms with Crippen molar-refractivity contribution in [1.29, 1.82) is 0 Å². The fourth-order valence-electron chi connectivity index (χ4n) is 2.08. The largest absolute Gasteiger partial charge is 0.486 e. The van der Waals surface area contributed by atoms with E-state index in [2.05, 4.69) is 0 Å². The summed E-state index contributed by atoms with van der Waals surface area (Å²) >= 11 is 0. The molecule has 1 aliphatic rings. The molecule has 1 unspecified atom stereocenters. The Morgan fingerprint density at radius 2 is 2.05 bits per heavy atom. The van der Waals surface area contributed by atoms with Gasteiger partial charge in [0, 0.05) is 12.3 Å². The molecule has 0 amide bonds. The fraction of sp³-hybridized carbons (Fsp3) is 0.417. The van der Waals surface area contributed by atoms with Crippen LogP contribution >= 0.6 is 0 Å². The molecule has 1 aromatic carbocycles. The van der Waals surface area contributed by atoms with Crippen molar-refractivity contribution >= 4 is 15.8 Å². The number of fused-ring (bicyclic) bond motifs is 1. The zero-order chi connectivity index (χ0) is 14.9. The molecule has 0 bridgehead atoms. The third kappa shape index (κ3) is 2.86. The number of rotatable bonds is 4. The maximum atomic E-state index is 12.0. The lowest BCUT2D eigenvalue weighted by atomic mass is 10.0. The number of nitrogens with two attached hydrogens (primary N) is 1. The summed E-state index contributed by atoms with van der Waals surface area (Å²) in [5.74, 6) is -0.674. The third-order valence-electron chi connectivity index (χ3n) is 2.86. The van der Waals surface area contributed by atoms with Gasteiger partial charge in [0.25, 0.3) is 0 Å². The SMILES string of the molecule is CS(=O)(=O)c1c(C(N)CC(=O)O)ccc2c1OCCO2. The minimum Gasteiger partial charge on any atom is -0.486 e. The molecule has 1 atom stereocenters. The van der Waals surface area contributed by atoms with Crippen LogP contribution in [0.1, 0.15) is 18.0 Å². The summed E-state index contributed by atoms with van der Waals surface area (Å²) in [6.07, 6.45) is 0.653. The van der Waals surface area contributed by atoms with Gasteiger partial charge in [-0.15, -0.1) is 0 Å². The van der Waals surface area contributed by atoms with Crippen molar-refractivity contribution in [2.75, 3.05) is 19.5 Å². The Kier molecular flexibility index (Phi) is 3.87. The molecule has 2 rings (SSSR count). The van der Waals surface area contributed by atoms with E-state index in [-0.39, 0.29) is 29.2 Å². The number of carbonyl (C=O) groups is 1. The lowest BCUT2D eigenvalue weighted by molar-refractivity contribution is -0.137. The molecule has 0 saturated carbocycles. The van der Waals surface area contributed by atoms with E-state index in [1.807, 2.05) is 0 Å². The fourth-order valence-corrected chi connectivity index (χ4v) is 3.22. The molecule has 0 aliphatic carbocycles. The van der Waals surface area contributed by atoms with Crippen LogP contribution in [0.4, 0.5) is 0 Å². The quantitative estimate of drug-likeness (QED) is 0.823. The first-order valence-electron chi connectivity index (χ1n) is 5.90. The maximum Gasteiger partial charge on any atom is 0.305 e. The predicted octanol–water partition coefficient (Wildman–Crippen LogP) is 0.336. The zero-order valence-electron chi connectivity index (χ0n) is 10.8. The number of carboxylic acid groups (broad SMARTS) is 1. The standard InChI is InChI=1S/C12H15NO6S/c1-20(16,17)12-7(8(13)6-10(14)15)2-3-9-11(12)19-5-4-18-9/h2-3,8H,4-6,13H2,1H3,(H,14,15). The van der Waals surface area contributed by atoms with Crippen LogP contribution < -0.4 is 15.2 Å². The molecule has 110 valence electrons. The molecule has 0 spiro atoms. The number of ether oxygens (including phenoxy) is 2. The van der Waals surface area contributed by atoms with Crippen LogP contribution in [-0.2, 0) is 14.6 Å². The van der Waals surface area contributed by atoms with Gasteiger partial charge >= 0.3 is 5.97 Å².